The van der Waals surface area contributed by atoms with E-state index in [2.05, 4.69) is 85.1 Å². The van der Waals surface area contributed by atoms with Crippen LogP contribution in [0.5, 0.6) is 0 Å². The molecule has 1 unspecified atom stereocenters. The molecule has 0 spiro atoms. The third-order valence-corrected chi connectivity index (χ3v) is 12.9. The molecule has 0 radical (unpaired) electrons. The first-order chi connectivity index (χ1) is 30.5. The van der Waals surface area contributed by atoms with Gasteiger partial charge in [0.15, 0.2) is 0 Å². The number of hydrogen-bond donors (Lipinski definition) is 7. The van der Waals surface area contributed by atoms with Crippen LogP contribution in [-0.4, -0.2) is 96.4 Å². The summed E-state index contributed by atoms with van der Waals surface area (Å²) in [5, 5.41) is 26.2. The number of urea groups is 1. The average molecular weight is 868 g/mol. The largest absolute Gasteiger partial charge is 0.353 e. The Hall–Kier alpha value is -6.47. The van der Waals surface area contributed by atoms with Crippen LogP contribution in [0, 0.1) is 0 Å². The molecule has 1 aliphatic heterocycles. The maximum absolute atomic E-state index is 13.1. The molecular formula is C49H61N11O4. The van der Waals surface area contributed by atoms with E-state index in [1.807, 2.05) is 70.4 Å². The lowest BCUT2D eigenvalue weighted by Gasteiger charge is -2.30. The Labute approximate surface area is 373 Å². The quantitative estimate of drug-likeness (QED) is 0.0649. The zero-order chi connectivity index (χ0) is 45.5. The third kappa shape index (κ3) is 8.86. The fraction of sp³-hybridized carbons (Fsp3) is 0.469. The molecule has 2 aromatic carbocycles. The first-order valence-corrected chi connectivity index (χ1v) is 22.6. The Kier molecular flexibility index (Phi) is 12.1. The van der Waals surface area contributed by atoms with Gasteiger partial charge in [-0.05, 0) is 118 Å². The van der Waals surface area contributed by atoms with Crippen LogP contribution in [-0.2, 0) is 28.5 Å². The third-order valence-electron chi connectivity index (χ3n) is 12.9. The van der Waals surface area contributed by atoms with Crippen molar-refractivity contribution >= 4 is 45.7 Å². The summed E-state index contributed by atoms with van der Waals surface area (Å²) in [6.45, 7) is 17.7. The number of fused-ring (bicyclic) bond motifs is 10. The molecule has 15 nitrogen and oxygen atoms in total. The first kappa shape index (κ1) is 44.1. The summed E-state index contributed by atoms with van der Waals surface area (Å²) in [4.78, 5) is 59.5. The van der Waals surface area contributed by atoms with Crippen LogP contribution in [0.25, 0.3) is 44.6 Å². The number of hydrogen-bond acceptors (Lipinski definition) is 7. The van der Waals surface area contributed by atoms with Gasteiger partial charge in [0.05, 0.1) is 41.2 Å². The second kappa shape index (κ2) is 17.6. The highest BCUT2D eigenvalue weighted by Gasteiger charge is 2.37. The normalized spacial score (nSPS) is 17.9. The number of amides is 4. The highest BCUT2D eigenvalue weighted by molar-refractivity contribution is 6.02. The lowest BCUT2D eigenvalue weighted by atomic mass is 9.73. The molecule has 15 heteroatoms. The van der Waals surface area contributed by atoms with E-state index in [1.165, 1.54) is 41.2 Å². The monoisotopic (exact) mass is 867 g/mol. The number of aliphatic imine (C=N–C) groups is 1. The Morgan fingerprint density at radius 3 is 1.69 bits per heavy atom. The minimum absolute atomic E-state index is 0.00892. The Morgan fingerprint density at radius 2 is 1.23 bits per heavy atom. The second-order valence-electron chi connectivity index (χ2n) is 19.7. The van der Waals surface area contributed by atoms with Gasteiger partial charge in [-0.25, -0.2) is 14.6 Å². The number of isocyanates is 1. The highest BCUT2D eigenvalue weighted by atomic mass is 16.2. The molecule has 4 aliphatic rings. The summed E-state index contributed by atoms with van der Waals surface area (Å²) in [5.74, 6) is -0.0570. The van der Waals surface area contributed by atoms with Gasteiger partial charge in [0.2, 0.25) is 6.08 Å². The van der Waals surface area contributed by atoms with Crippen molar-refractivity contribution in [3.63, 3.8) is 0 Å². The van der Waals surface area contributed by atoms with Gasteiger partial charge >= 0.3 is 6.03 Å². The number of nitrogens with one attached hydrogen (secondary N) is 7. The molecule has 336 valence electrons. The first-order valence-electron chi connectivity index (χ1n) is 22.6. The summed E-state index contributed by atoms with van der Waals surface area (Å²) in [6.07, 6.45) is 12.5. The van der Waals surface area contributed by atoms with E-state index in [9.17, 15) is 19.2 Å². The molecule has 1 saturated heterocycles. The van der Waals surface area contributed by atoms with Gasteiger partial charge in [0.25, 0.3) is 11.8 Å². The van der Waals surface area contributed by atoms with Crippen molar-refractivity contribution in [1.82, 2.24) is 51.2 Å². The van der Waals surface area contributed by atoms with Crippen molar-refractivity contribution < 1.29 is 19.2 Å². The number of aromatic amines is 4. The maximum atomic E-state index is 13.1. The van der Waals surface area contributed by atoms with E-state index in [0.29, 0.717) is 24.7 Å². The number of benzene rings is 2. The number of rotatable bonds is 6. The van der Waals surface area contributed by atoms with Gasteiger partial charge in [-0.3, -0.25) is 19.8 Å². The number of H-pyrrole nitrogens is 4. The molecule has 1 saturated carbocycles. The molecule has 10 rings (SSSR count). The molecule has 6 aromatic rings. The van der Waals surface area contributed by atoms with Crippen molar-refractivity contribution in [1.29, 1.82) is 0 Å². The highest BCUT2D eigenvalue weighted by Crippen LogP contribution is 2.47. The number of carbonyl (C=O) groups is 3. The van der Waals surface area contributed by atoms with E-state index in [1.54, 1.807) is 4.90 Å². The van der Waals surface area contributed by atoms with Crippen LogP contribution >= 0.6 is 0 Å². The van der Waals surface area contributed by atoms with E-state index >= 15 is 0 Å². The minimum Gasteiger partial charge on any atom is -0.353 e. The molecule has 4 amide bonds. The summed E-state index contributed by atoms with van der Waals surface area (Å²) >= 11 is 0. The van der Waals surface area contributed by atoms with Crippen LogP contribution in [0.3, 0.4) is 0 Å². The van der Waals surface area contributed by atoms with Crippen molar-refractivity contribution in [2.75, 3.05) is 13.1 Å². The Morgan fingerprint density at radius 1 is 0.734 bits per heavy atom. The van der Waals surface area contributed by atoms with E-state index < -0.39 is 0 Å². The SMILES string of the molecule is CC(C)N=C=O.CC(C)NC(=O)N1CCC(NC(=O)c2ccc3[nH]c4c(c3c2)C(C)(C)Cc2cn[nH]c2-4)C1.CC1(C)Cc2cn[nH]c2-c2[nH]c3ccc(C(=O)NC4CCCC4)cc3c21. The molecular weight excluding hydrogens is 807 g/mol. The van der Waals surface area contributed by atoms with Crippen LogP contribution in [0.1, 0.15) is 130 Å². The fourth-order valence-electron chi connectivity index (χ4n) is 10.0. The number of nitrogens with zero attached hydrogens (tertiary/aromatic N) is 4. The van der Waals surface area contributed by atoms with Crippen LogP contribution in [0.15, 0.2) is 53.8 Å². The average Bonchev–Trinajstić information content (AvgIpc) is 4.08. The van der Waals surface area contributed by atoms with Gasteiger partial charge in [0.1, 0.15) is 0 Å². The molecule has 2 fully saturated rings. The van der Waals surface area contributed by atoms with Crippen molar-refractivity contribution in [2.24, 2.45) is 4.99 Å². The van der Waals surface area contributed by atoms with Crippen molar-refractivity contribution in [3.8, 4) is 22.8 Å². The van der Waals surface area contributed by atoms with Gasteiger partial charge in [-0.2, -0.15) is 10.2 Å². The predicted molar refractivity (Wildman–Crippen MR) is 249 cm³/mol. The lowest BCUT2D eigenvalue weighted by molar-refractivity contribution is 0.0929. The number of aromatic nitrogens is 6. The second-order valence-corrected chi connectivity index (χ2v) is 19.7. The van der Waals surface area contributed by atoms with Crippen molar-refractivity contribution in [3.05, 3.63) is 82.2 Å². The van der Waals surface area contributed by atoms with Gasteiger partial charge in [-0.1, -0.05) is 40.5 Å². The van der Waals surface area contributed by atoms with E-state index in [4.69, 9.17) is 0 Å². The molecule has 64 heavy (non-hydrogen) atoms. The smallest absolute Gasteiger partial charge is 0.317 e. The molecule has 4 aromatic heterocycles. The fourth-order valence-corrected chi connectivity index (χ4v) is 10.0. The summed E-state index contributed by atoms with van der Waals surface area (Å²) < 4.78 is 0. The zero-order valence-corrected chi connectivity index (χ0v) is 38.2. The van der Waals surface area contributed by atoms with Crippen molar-refractivity contribution in [2.45, 2.75) is 135 Å². The maximum Gasteiger partial charge on any atom is 0.317 e. The van der Waals surface area contributed by atoms with Crippen LogP contribution in [0.2, 0.25) is 0 Å². The molecule has 1 atom stereocenters. The summed E-state index contributed by atoms with van der Waals surface area (Å²) in [7, 11) is 0. The number of likely N-dealkylation sites (tertiary alicyclic amines) is 1. The standard InChI is InChI=1S/C24H30N6O2.C21H24N4O.C4H7NO/c1-13(2)26-23(32)30-8-7-16(12-30)27-22(31)14-5-6-18-17(9-14)19-21(28-18)20-15(11-25-29-20)10-24(19,3)4;1-21(2)10-13-11-22-25-18(13)19-17(21)15-9-12(7-8-16(15)24-19)20(26)23-14-5-3-4-6-14;1-4(2)5-3-6/h5-6,9,11,13,16,28H,7-8,10,12H2,1-4H3,(H,25,29)(H,26,32)(H,27,31);7-9,11,14,24H,3-6,10H2,1-2H3,(H,22,25)(H,23,26);4H,1-2H3. The minimum atomic E-state index is -0.103. The lowest BCUT2D eigenvalue weighted by Crippen LogP contribution is -2.44. The van der Waals surface area contributed by atoms with Gasteiger partial charge < -0.3 is 30.8 Å². The Bertz CT molecular complexity index is 2750. The number of carbonyl (C=O) groups excluding carboxylic acids is 4. The van der Waals surface area contributed by atoms with Crippen LogP contribution < -0.4 is 16.0 Å². The topological polar surface area (TPSA) is 209 Å². The predicted octanol–water partition coefficient (Wildman–Crippen LogP) is 8.11. The van der Waals surface area contributed by atoms with E-state index in [0.717, 1.165) is 82.2 Å². The molecule has 0 bridgehead atoms. The van der Waals surface area contributed by atoms with E-state index in [-0.39, 0.29) is 46.8 Å². The summed E-state index contributed by atoms with van der Waals surface area (Å²) in [6, 6.07) is 12.3. The van der Waals surface area contributed by atoms with Gasteiger partial charge in [0, 0.05) is 75.3 Å². The zero-order valence-electron chi connectivity index (χ0n) is 38.2. The van der Waals surface area contributed by atoms with Gasteiger partial charge in [-0.15, -0.1) is 0 Å². The molecule has 5 heterocycles. The molecule has 3 aliphatic carbocycles. The summed E-state index contributed by atoms with van der Waals surface area (Å²) in [5.41, 5.74) is 12.6. The Balaban J connectivity index is 0.000000158. The van der Waals surface area contributed by atoms with Crippen LogP contribution in [0.4, 0.5) is 4.79 Å². The molecule has 7 N–H and O–H groups in total.